The molecule has 1 atom stereocenters. The number of carbonyl (C=O) groups excluding carboxylic acids is 1. The van der Waals surface area contributed by atoms with Crippen LogP contribution in [-0.4, -0.2) is 35.1 Å². The Hall–Kier alpha value is -1.31. The molecule has 0 aliphatic rings. The van der Waals surface area contributed by atoms with Gasteiger partial charge in [-0.05, 0) is 26.3 Å². The van der Waals surface area contributed by atoms with Gasteiger partial charge in [-0.3, -0.25) is 4.79 Å². The molecular formula is C15H21NO2S. The molecule has 0 fully saturated rings. The van der Waals surface area contributed by atoms with Crippen molar-refractivity contribution in [1.82, 2.24) is 4.90 Å². The van der Waals surface area contributed by atoms with E-state index in [4.69, 9.17) is 5.11 Å². The van der Waals surface area contributed by atoms with E-state index in [1.54, 1.807) is 0 Å². The molecule has 0 saturated carbocycles. The molecule has 0 bridgehead atoms. The van der Waals surface area contributed by atoms with Crippen LogP contribution >= 0.6 is 11.3 Å². The summed E-state index contributed by atoms with van der Waals surface area (Å²) in [5.74, 6) is 5.90. The van der Waals surface area contributed by atoms with Crippen molar-refractivity contribution >= 4 is 17.2 Å². The van der Waals surface area contributed by atoms with Crippen molar-refractivity contribution < 1.29 is 9.90 Å². The summed E-state index contributed by atoms with van der Waals surface area (Å²) in [7, 11) is 0. The average molecular weight is 279 g/mol. The van der Waals surface area contributed by atoms with Crippen LogP contribution in [0.2, 0.25) is 0 Å². The lowest BCUT2D eigenvalue weighted by Crippen LogP contribution is -2.37. The Balaban J connectivity index is 2.80. The molecule has 3 nitrogen and oxygen atoms in total. The summed E-state index contributed by atoms with van der Waals surface area (Å²) in [5, 5.41) is 10.5. The van der Waals surface area contributed by atoms with Gasteiger partial charge in [-0.2, -0.15) is 0 Å². The minimum atomic E-state index is 0.0712. The van der Waals surface area contributed by atoms with E-state index in [9.17, 15) is 4.79 Å². The predicted octanol–water partition coefficient (Wildman–Crippen LogP) is 2.74. The minimum absolute atomic E-state index is 0.0712. The van der Waals surface area contributed by atoms with Crippen molar-refractivity contribution in [2.24, 2.45) is 0 Å². The fourth-order valence-electron chi connectivity index (χ4n) is 1.76. The Kier molecular flexibility index (Phi) is 6.61. The minimum Gasteiger partial charge on any atom is -0.395 e. The van der Waals surface area contributed by atoms with Crippen LogP contribution in [0.25, 0.3) is 0 Å². The highest BCUT2D eigenvalue weighted by molar-refractivity contribution is 7.10. The lowest BCUT2D eigenvalue weighted by atomic mass is 10.2. The highest BCUT2D eigenvalue weighted by atomic mass is 32.1. The van der Waals surface area contributed by atoms with Crippen LogP contribution in [-0.2, 0) is 0 Å². The van der Waals surface area contributed by atoms with Gasteiger partial charge in [0.2, 0.25) is 0 Å². The number of aliphatic hydroxyl groups excluding tert-OH is 1. The van der Waals surface area contributed by atoms with Gasteiger partial charge in [0, 0.05) is 24.4 Å². The molecular weight excluding hydrogens is 258 g/mol. The second-order valence-corrected chi connectivity index (χ2v) is 5.23. The van der Waals surface area contributed by atoms with Gasteiger partial charge in [0.25, 0.3) is 5.91 Å². The first-order valence-electron chi connectivity index (χ1n) is 6.63. The molecule has 1 aromatic rings. The van der Waals surface area contributed by atoms with Crippen LogP contribution in [0.1, 0.15) is 48.8 Å². The van der Waals surface area contributed by atoms with Crippen molar-refractivity contribution in [2.45, 2.75) is 39.7 Å². The van der Waals surface area contributed by atoms with Gasteiger partial charge in [0.1, 0.15) is 0 Å². The summed E-state index contributed by atoms with van der Waals surface area (Å²) in [5.41, 5.74) is 0.709. The van der Waals surface area contributed by atoms with Crippen LogP contribution < -0.4 is 0 Å². The molecule has 1 heterocycles. The van der Waals surface area contributed by atoms with Crippen molar-refractivity contribution in [3.05, 3.63) is 21.9 Å². The van der Waals surface area contributed by atoms with E-state index in [0.29, 0.717) is 12.0 Å². The van der Waals surface area contributed by atoms with Crippen LogP contribution in [0.3, 0.4) is 0 Å². The Labute approximate surface area is 119 Å². The summed E-state index contributed by atoms with van der Waals surface area (Å²) in [6, 6.07) is 2.09. The SMILES string of the molecule is CCC(C)N(CC)C(=O)c1csc(C#CCCO)c1. The number of aliphatic hydroxyl groups is 1. The van der Waals surface area contributed by atoms with Crippen LogP contribution in [0.15, 0.2) is 11.4 Å². The summed E-state index contributed by atoms with van der Waals surface area (Å²) >= 11 is 1.47. The Morgan fingerprint density at radius 3 is 2.84 bits per heavy atom. The molecule has 104 valence electrons. The molecule has 1 amide bonds. The first-order chi connectivity index (χ1) is 9.13. The zero-order chi connectivity index (χ0) is 14.3. The van der Waals surface area contributed by atoms with Gasteiger partial charge in [0.05, 0.1) is 17.0 Å². The number of carbonyl (C=O) groups is 1. The van der Waals surface area contributed by atoms with Crippen molar-refractivity contribution in [2.75, 3.05) is 13.2 Å². The van der Waals surface area contributed by atoms with Crippen LogP contribution in [0, 0.1) is 11.8 Å². The average Bonchev–Trinajstić information content (AvgIpc) is 2.88. The molecule has 0 aromatic carbocycles. The number of amides is 1. The third-order valence-electron chi connectivity index (χ3n) is 3.02. The Bertz CT molecular complexity index is 470. The van der Waals surface area contributed by atoms with E-state index >= 15 is 0 Å². The molecule has 1 unspecified atom stereocenters. The van der Waals surface area contributed by atoms with Crippen molar-refractivity contribution in [3.8, 4) is 11.8 Å². The summed E-state index contributed by atoms with van der Waals surface area (Å²) < 4.78 is 0. The predicted molar refractivity (Wildman–Crippen MR) is 79.4 cm³/mol. The molecule has 1 aromatic heterocycles. The maximum absolute atomic E-state index is 12.4. The highest BCUT2D eigenvalue weighted by Crippen LogP contribution is 2.17. The van der Waals surface area contributed by atoms with Gasteiger partial charge in [-0.15, -0.1) is 11.3 Å². The van der Waals surface area contributed by atoms with E-state index in [1.807, 2.05) is 23.3 Å². The summed E-state index contributed by atoms with van der Waals surface area (Å²) in [6.07, 6.45) is 1.42. The standard InChI is InChI=1S/C15H21NO2S/c1-4-12(3)16(5-2)15(18)13-10-14(19-11-13)8-6-7-9-17/h10-12,17H,4-5,7,9H2,1-3H3. The summed E-state index contributed by atoms with van der Waals surface area (Å²) in [4.78, 5) is 15.1. The van der Waals surface area contributed by atoms with Gasteiger partial charge in [-0.25, -0.2) is 0 Å². The third-order valence-corrected chi connectivity index (χ3v) is 3.86. The van der Waals surface area contributed by atoms with Gasteiger partial charge >= 0.3 is 0 Å². The van der Waals surface area contributed by atoms with Crippen LogP contribution in [0.4, 0.5) is 0 Å². The number of rotatable bonds is 5. The second kappa shape index (κ2) is 7.98. The largest absolute Gasteiger partial charge is 0.395 e. The molecule has 0 aliphatic carbocycles. The molecule has 0 aliphatic heterocycles. The maximum atomic E-state index is 12.4. The molecule has 19 heavy (non-hydrogen) atoms. The number of nitrogens with zero attached hydrogens (tertiary/aromatic N) is 1. The lowest BCUT2D eigenvalue weighted by molar-refractivity contribution is 0.0700. The maximum Gasteiger partial charge on any atom is 0.254 e. The van der Waals surface area contributed by atoms with E-state index in [1.165, 1.54) is 11.3 Å². The Morgan fingerprint density at radius 2 is 2.26 bits per heavy atom. The fraction of sp³-hybridized carbons (Fsp3) is 0.533. The van der Waals surface area contributed by atoms with Crippen molar-refractivity contribution in [1.29, 1.82) is 0 Å². The van der Waals surface area contributed by atoms with E-state index in [2.05, 4.69) is 25.7 Å². The van der Waals surface area contributed by atoms with Gasteiger partial charge in [-0.1, -0.05) is 18.8 Å². The molecule has 1 rings (SSSR count). The molecule has 0 spiro atoms. The normalized spacial score (nSPS) is 11.6. The quantitative estimate of drug-likeness (QED) is 0.842. The van der Waals surface area contributed by atoms with E-state index in [0.717, 1.165) is 17.8 Å². The van der Waals surface area contributed by atoms with E-state index < -0.39 is 0 Å². The molecule has 0 saturated heterocycles. The first kappa shape index (κ1) is 15.7. The number of hydrogen-bond donors (Lipinski definition) is 1. The summed E-state index contributed by atoms with van der Waals surface area (Å²) in [6.45, 7) is 6.94. The monoisotopic (exact) mass is 279 g/mol. The van der Waals surface area contributed by atoms with Crippen molar-refractivity contribution in [3.63, 3.8) is 0 Å². The van der Waals surface area contributed by atoms with Gasteiger partial charge in [0.15, 0.2) is 0 Å². The number of thiophene rings is 1. The lowest BCUT2D eigenvalue weighted by Gasteiger charge is -2.26. The zero-order valence-electron chi connectivity index (χ0n) is 11.8. The first-order valence-corrected chi connectivity index (χ1v) is 7.51. The Morgan fingerprint density at radius 1 is 1.53 bits per heavy atom. The van der Waals surface area contributed by atoms with E-state index in [-0.39, 0.29) is 18.6 Å². The highest BCUT2D eigenvalue weighted by Gasteiger charge is 2.19. The third kappa shape index (κ3) is 4.38. The second-order valence-electron chi connectivity index (χ2n) is 4.32. The van der Waals surface area contributed by atoms with Crippen LogP contribution in [0.5, 0.6) is 0 Å². The fourth-order valence-corrected chi connectivity index (χ4v) is 2.51. The number of hydrogen-bond acceptors (Lipinski definition) is 3. The zero-order valence-corrected chi connectivity index (χ0v) is 12.6. The molecule has 1 N–H and O–H groups in total. The molecule has 4 heteroatoms. The van der Waals surface area contributed by atoms with Gasteiger partial charge < -0.3 is 10.0 Å². The molecule has 0 radical (unpaired) electrons. The smallest absolute Gasteiger partial charge is 0.254 e. The topological polar surface area (TPSA) is 40.5 Å².